The number of aliphatic carboxylic acids is 1. The van der Waals surface area contributed by atoms with Gasteiger partial charge in [0, 0.05) is 13.0 Å². The summed E-state index contributed by atoms with van der Waals surface area (Å²) in [5.74, 6) is -2.29. The molecule has 0 aromatic heterocycles. The molecule has 0 spiro atoms. The van der Waals surface area contributed by atoms with Gasteiger partial charge in [-0.1, -0.05) is 30.3 Å². The molecule has 0 radical (unpaired) electrons. The van der Waals surface area contributed by atoms with Crippen LogP contribution in [0.1, 0.15) is 31.2 Å². The van der Waals surface area contributed by atoms with Crippen LogP contribution in [0.4, 0.5) is 0 Å². The highest BCUT2D eigenvalue weighted by Gasteiger charge is 2.38. The molecule has 1 aliphatic heterocycles. The van der Waals surface area contributed by atoms with Crippen molar-refractivity contribution in [1.82, 2.24) is 4.90 Å². The number of aryl methyl sites for hydroxylation is 1. The lowest BCUT2D eigenvalue weighted by Gasteiger charge is -2.14. The van der Waals surface area contributed by atoms with Crippen LogP contribution in [-0.2, 0) is 20.8 Å². The lowest BCUT2D eigenvalue weighted by atomic mass is 10.0. The first-order valence-corrected chi connectivity index (χ1v) is 7.18. The van der Waals surface area contributed by atoms with Crippen LogP contribution in [0.15, 0.2) is 30.3 Å². The molecule has 0 unspecified atom stereocenters. The minimum atomic E-state index is -1.04. The summed E-state index contributed by atoms with van der Waals surface area (Å²) in [6, 6.07) is 10.0. The topological polar surface area (TPSA) is 74.7 Å². The van der Waals surface area contributed by atoms with Crippen LogP contribution in [0.25, 0.3) is 0 Å². The van der Waals surface area contributed by atoms with E-state index in [1.807, 2.05) is 18.2 Å². The van der Waals surface area contributed by atoms with Crippen LogP contribution >= 0.6 is 0 Å². The highest BCUT2D eigenvalue weighted by Crippen LogP contribution is 2.23. The summed E-state index contributed by atoms with van der Waals surface area (Å²) in [5.41, 5.74) is 1.24. The van der Waals surface area contributed by atoms with Crippen molar-refractivity contribution < 1.29 is 19.5 Å². The molecule has 5 nitrogen and oxygen atoms in total. The lowest BCUT2D eigenvalue weighted by molar-refractivity contribution is -0.143. The molecule has 1 saturated heterocycles. The van der Waals surface area contributed by atoms with Crippen LogP contribution < -0.4 is 0 Å². The number of hydrogen-bond acceptors (Lipinski definition) is 3. The zero-order valence-electron chi connectivity index (χ0n) is 11.8. The van der Waals surface area contributed by atoms with E-state index in [9.17, 15) is 14.4 Å². The number of carboxylic acids is 1. The molecule has 2 rings (SSSR count). The van der Waals surface area contributed by atoms with Crippen molar-refractivity contribution in [1.29, 1.82) is 0 Å². The van der Waals surface area contributed by atoms with Gasteiger partial charge < -0.3 is 5.11 Å². The number of likely N-dealkylation sites (tertiary alicyclic amines) is 1. The Balaban J connectivity index is 1.76. The van der Waals surface area contributed by atoms with Gasteiger partial charge in [0.05, 0.1) is 12.3 Å². The number of carboxylic acid groups (broad SMARTS) is 1. The molecular weight excluding hydrogens is 270 g/mol. The molecule has 2 amide bonds. The van der Waals surface area contributed by atoms with Crippen LogP contribution in [0.2, 0.25) is 0 Å². The zero-order valence-corrected chi connectivity index (χ0v) is 11.8. The van der Waals surface area contributed by atoms with E-state index in [4.69, 9.17) is 5.11 Å². The number of benzene rings is 1. The third-order valence-corrected chi connectivity index (χ3v) is 3.70. The molecule has 1 atom stereocenters. The summed E-state index contributed by atoms with van der Waals surface area (Å²) in [6.45, 7) is 0.390. The van der Waals surface area contributed by atoms with Gasteiger partial charge in [-0.2, -0.15) is 0 Å². The number of carbonyl (C=O) groups is 3. The van der Waals surface area contributed by atoms with Gasteiger partial charge in [-0.25, -0.2) is 0 Å². The van der Waals surface area contributed by atoms with E-state index in [1.54, 1.807) is 0 Å². The van der Waals surface area contributed by atoms with Gasteiger partial charge >= 0.3 is 5.97 Å². The average molecular weight is 289 g/mol. The Kier molecular flexibility index (Phi) is 5.09. The number of nitrogens with zero attached hydrogens (tertiary/aromatic N) is 1. The fourth-order valence-corrected chi connectivity index (χ4v) is 2.60. The van der Waals surface area contributed by atoms with Crippen LogP contribution in [0.5, 0.6) is 0 Å². The Labute approximate surface area is 123 Å². The lowest BCUT2D eigenvalue weighted by Crippen LogP contribution is -2.32. The first kappa shape index (κ1) is 15.2. The standard InChI is InChI=1S/C16H19NO4/c18-14-10-13(11-15(19)20)16(21)17(14)9-5-4-8-12-6-2-1-3-7-12/h1-3,6-7,13H,4-5,8-11H2,(H,19,20)/t13-/m0/s1. The van der Waals surface area contributed by atoms with E-state index < -0.39 is 11.9 Å². The molecule has 1 heterocycles. The Morgan fingerprint density at radius 1 is 1.19 bits per heavy atom. The molecular formula is C16H19NO4. The maximum Gasteiger partial charge on any atom is 0.304 e. The molecule has 1 N–H and O–H groups in total. The van der Waals surface area contributed by atoms with Gasteiger partial charge in [0.25, 0.3) is 0 Å². The summed E-state index contributed by atoms with van der Waals surface area (Å²) in [6.07, 6.45) is 2.32. The van der Waals surface area contributed by atoms with E-state index in [2.05, 4.69) is 12.1 Å². The van der Waals surface area contributed by atoms with Crippen molar-refractivity contribution in [2.75, 3.05) is 6.54 Å². The summed E-state index contributed by atoms with van der Waals surface area (Å²) >= 11 is 0. The first-order valence-electron chi connectivity index (χ1n) is 7.18. The predicted octanol–water partition coefficient (Wildman–Crippen LogP) is 1.86. The third-order valence-electron chi connectivity index (χ3n) is 3.70. The van der Waals surface area contributed by atoms with Gasteiger partial charge in [-0.3, -0.25) is 19.3 Å². The number of unbranched alkanes of at least 4 members (excludes halogenated alkanes) is 1. The quantitative estimate of drug-likeness (QED) is 0.614. The molecule has 1 fully saturated rings. The maximum absolute atomic E-state index is 12.0. The third kappa shape index (κ3) is 4.15. The fraction of sp³-hybridized carbons (Fsp3) is 0.438. The molecule has 0 bridgehead atoms. The molecule has 0 aliphatic carbocycles. The van der Waals surface area contributed by atoms with E-state index in [-0.39, 0.29) is 24.7 Å². The molecule has 1 aliphatic rings. The maximum atomic E-state index is 12.0. The Bertz CT molecular complexity index is 526. The van der Waals surface area contributed by atoms with Crippen molar-refractivity contribution in [3.63, 3.8) is 0 Å². The number of amides is 2. The van der Waals surface area contributed by atoms with Gasteiger partial charge in [0.15, 0.2) is 0 Å². The van der Waals surface area contributed by atoms with Crippen molar-refractivity contribution in [3.05, 3.63) is 35.9 Å². The largest absolute Gasteiger partial charge is 0.481 e. The van der Waals surface area contributed by atoms with E-state index in [0.717, 1.165) is 19.3 Å². The highest BCUT2D eigenvalue weighted by molar-refractivity contribution is 6.04. The zero-order chi connectivity index (χ0) is 15.2. The normalized spacial score (nSPS) is 18.3. The summed E-state index contributed by atoms with van der Waals surface area (Å²) in [7, 11) is 0. The van der Waals surface area contributed by atoms with E-state index in [0.29, 0.717) is 6.54 Å². The van der Waals surface area contributed by atoms with Crippen molar-refractivity contribution in [2.45, 2.75) is 32.1 Å². The van der Waals surface area contributed by atoms with Gasteiger partial charge in [0.1, 0.15) is 0 Å². The minimum absolute atomic E-state index is 0.0316. The summed E-state index contributed by atoms with van der Waals surface area (Å²) < 4.78 is 0. The molecule has 0 saturated carbocycles. The molecule has 112 valence electrons. The van der Waals surface area contributed by atoms with E-state index in [1.165, 1.54) is 10.5 Å². The van der Waals surface area contributed by atoms with Crippen molar-refractivity contribution in [3.8, 4) is 0 Å². The highest BCUT2D eigenvalue weighted by atomic mass is 16.4. The Hall–Kier alpha value is -2.17. The molecule has 1 aromatic rings. The number of rotatable bonds is 7. The molecule has 1 aromatic carbocycles. The van der Waals surface area contributed by atoms with Crippen molar-refractivity contribution >= 4 is 17.8 Å². The van der Waals surface area contributed by atoms with Crippen LogP contribution in [0.3, 0.4) is 0 Å². The molecule has 5 heteroatoms. The Morgan fingerprint density at radius 3 is 2.57 bits per heavy atom. The smallest absolute Gasteiger partial charge is 0.304 e. The van der Waals surface area contributed by atoms with E-state index >= 15 is 0 Å². The predicted molar refractivity (Wildman–Crippen MR) is 76.5 cm³/mol. The second-order valence-corrected chi connectivity index (χ2v) is 5.33. The SMILES string of the molecule is O=C(O)C[C@@H]1CC(=O)N(CCCCc2ccccc2)C1=O. The van der Waals surface area contributed by atoms with Crippen LogP contribution in [-0.4, -0.2) is 34.3 Å². The average Bonchev–Trinajstić information content (AvgIpc) is 2.71. The van der Waals surface area contributed by atoms with Crippen molar-refractivity contribution in [2.24, 2.45) is 5.92 Å². The minimum Gasteiger partial charge on any atom is -0.481 e. The Morgan fingerprint density at radius 2 is 1.90 bits per heavy atom. The fourth-order valence-electron chi connectivity index (χ4n) is 2.60. The second kappa shape index (κ2) is 7.02. The van der Waals surface area contributed by atoms with Gasteiger partial charge in [-0.15, -0.1) is 0 Å². The first-order chi connectivity index (χ1) is 10.1. The second-order valence-electron chi connectivity index (χ2n) is 5.33. The molecule has 21 heavy (non-hydrogen) atoms. The van der Waals surface area contributed by atoms with Gasteiger partial charge in [-0.05, 0) is 24.8 Å². The number of imide groups is 1. The summed E-state index contributed by atoms with van der Waals surface area (Å²) in [5, 5.41) is 8.72. The monoisotopic (exact) mass is 289 g/mol. The summed E-state index contributed by atoms with van der Waals surface area (Å²) in [4.78, 5) is 35.6. The van der Waals surface area contributed by atoms with Crippen LogP contribution in [0, 0.1) is 5.92 Å². The number of hydrogen-bond donors (Lipinski definition) is 1. The number of carbonyl (C=O) groups excluding carboxylic acids is 2. The van der Waals surface area contributed by atoms with Gasteiger partial charge in [0.2, 0.25) is 11.8 Å².